The molecule has 1 saturated carbocycles. The van der Waals surface area contributed by atoms with Gasteiger partial charge in [-0.1, -0.05) is 42.5 Å². The van der Waals surface area contributed by atoms with Crippen LogP contribution in [0.25, 0.3) is 0 Å². The molecule has 0 spiro atoms. The third kappa shape index (κ3) is 3.08. The van der Waals surface area contributed by atoms with Crippen LogP contribution in [0.4, 0.5) is 0 Å². The molecule has 1 amide bonds. The number of rotatable bonds is 4. The van der Waals surface area contributed by atoms with Crippen LogP contribution in [-0.2, 0) is 0 Å². The van der Waals surface area contributed by atoms with E-state index in [1.165, 1.54) is 11.8 Å². The quantitative estimate of drug-likeness (QED) is 0.847. The van der Waals surface area contributed by atoms with Crippen LogP contribution in [0.5, 0.6) is 0 Å². The molecule has 1 aromatic heterocycles. The van der Waals surface area contributed by atoms with Gasteiger partial charge in [0.15, 0.2) is 0 Å². The first-order valence-electron chi connectivity index (χ1n) is 6.77. The van der Waals surface area contributed by atoms with Gasteiger partial charge in [0.25, 0.3) is 5.91 Å². The summed E-state index contributed by atoms with van der Waals surface area (Å²) in [5, 5.41) is 3.00. The molecule has 2 atom stereocenters. The summed E-state index contributed by atoms with van der Waals surface area (Å²) >= 11 is 4.86. The zero-order chi connectivity index (χ0) is 14.8. The van der Waals surface area contributed by atoms with Gasteiger partial charge in [-0.05, 0) is 24.1 Å². The van der Waals surface area contributed by atoms with Crippen LogP contribution < -0.4 is 11.1 Å². The van der Waals surface area contributed by atoms with E-state index in [2.05, 4.69) is 22.4 Å². The SMILES string of the molecule is NC(=S)c1ccc(C(=O)NC2CC2c2ccccc2)nc1. The Bertz CT molecular complexity index is 670. The Morgan fingerprint density at radius 3 is 2.62 bits per heavy atom. The highest BCUT2D eigenvalue weighted by Gasteiger charge is 2.39. The summed E-state index contributed by atoms with van der Waals surface area (Å²) in [7, 11) is 0. The Hall–Kier alpha value is -2.27. The Labute approximate surface area is 128 Å². The van der Waals surface area contributed by atoms with E-state index >= 15 is 0 Å². The molecule has 0 radical (unpaired) electrons. The topological polar surface area (TPSA) is 68.0 Å². The average Bonchev–Trinajstić information content (AvgIpc) is 3.27. The van der Waals surface area contributed by atoms with Gasteiger partial charge in [0.1, 0.15) is 10.7 Å². The molecule has 2 unspecified atom stereocenters. The number of hydrogen-bond acceptors (Lipinski definition) is 3. The molecule has 3 N–H and O–H groups in total. The Morgan fingerprint density at radius 1 is 1.24 bits per heavy atom. The van der Waals surface area contributed by atoms with E-state index in [4.69, 9.17) is 18.0 Å². The van der Waals surface area contributed by atoms with Gasteiger partial charge in [-0.2, -0.15) is 0 Å². The standard InChI is InChI=1S/C16H15N3OS/c17-15(21)11-6-7-13(18-9-11)16(20)19-14-8-12(14)10-4-2-1-3-5-10/h1-7,9,12,14H,8H2,(H2,17,21)(H,19,20). The fourth-order valence-electron chi connectivity index (χ4n) is 2.34. The zero-order valence-corrected chi connectivity index (χ0v) is 12.1. The van der Waals surface area contributed by atoms with Gasteiger partial charge < -0.3 is 11.1 Å². The lowest BCUT2D eigenvalue weighted by Gasteiger charge is -2.05. The Kier molecular flexibility index (Phi) is 3.66. The molecule has 3 rings (SSSR count). The predicted molar refractivity (Wildman–Crippen MR) is 85.2 cm³/mol. The van der Waals surface area contributed by atoms with Crippen molar-refractivity contribution in [1.82, 2.24) is 10.3 Å². The second-order valence-corrected chi connectivity index (χ2v) is 5.57. The van der Waals surface area contributed by atoms with Crippen molar-refractivity contribution in [1.29, 1.82) is 0 Å². The van der Waals surface area contributed by atoms with Crippen molar-refractivity contribution in [3.63, 3.8) is 0 Å². The molecule has 1 heterocycles. The summed E-state index contributed by atoms with van der Waals surface area (Å²) in [6, 6.07) is 13.8. The lowest BCUT2D eigenvalue weighted by atomic mass is 10.1. The van der Waals surface area contributed by atoms with Gasteiger partial charge in [0, 0.05) is 23.7 Å². The Balaban J connectivity index is 1.62. The first kappa shape index (κ1) is 13.7. The molecule has 21 heavy (non-hydrogen) atoms. The molecule has 1 aliphatic rings. The largest absolute Gasteiger partial charge is 0.389 e. The number of pyridine rings is 1. The second-order valence-electron chi connectivity index (χ2n) is 5.13. The number of thiocarbonyl (C=S) groups is 1. The van der Waals surface area contributed by atoms with Crippen molar-refractivity contribution < 1.29 is 4.79 Å². The van der Waals surface area contributed by atoms with Crippen LogP contribution in [0, 0.1) is 0 Å². The number of nitrogens with zero attached hydrogens (tertiary/aromatic N) is 1. The Morgan fingerprint density at radius 2 is 2.00 bits per heavy atom. The van der Waals surface area contributed by atoms with Crippen LogP contribution in [-0.4, -0.2) is 21.9 Å². The first-order valence-corrected chi connectivity index (χ1v) is 7.17. The van der Waals surface area contributed by atoms with Crippen molar-refractivity contribution in [3.05, 3.63) is 65.5 Å². The third-order valence-electron chi connectivity index (χ3n) is 3.62. The highest BCUT2D eigenvalue weighted by atomic mass is 32.1. The summed E-state index contributed by atoms with van der Waals surface area (Å²) in [5.41, 5.74) is 7.81. The molecule has 0 saturated heterocycles. The summed E-state index contributed by atoms with van der Waals surface area (Å²) < 4.78 is 0. The van der Waals surface area contributed by atoms with E-state index < -0.39 is 0 Å². The molecule has 1 aliphatic carbocycles. The summed E-state index contributed by atoms with van der Waals surface area (Å²) in [4.78, 5) is 16.5. The maximum Gasteiger partial charge on any atom is 0.270 e. The van der Waals surface area contributed by atoms with Crippen molar-refractivity contribution in [2.45, 2.75) is 18.4 Å². The van der Waals surface area contributed by atoms with Crippen LogP contribution in [0.1, 0.15) is 34.0 Å². The molecule has 106 valence electrons. The number of hydrogen-bond donors (Lipinski definition) is 2. The van der Waals surface area contributed by atoms with Crippen molar-refractivity contribution in [2.24, 2.45) is 5.73 Å². The number of nitrogens with one attached hydrogen (secondary N) is 1. The first-order chi connectivity index (χ1) is 10.1. The molecule has 5 heteroatoms. The van der Waals surface area contributed by atoms with Crippen LogP contribution in [0.15, 0.2) is 48.7 Å². The lowest BCUT2D eigenvalue weighted by Crippen LogP contribution is -2.27. The third-order valence-corrected chi connectivity index (χ3v) is 3.85. The monoisotopic (exact) mass is 297 g/mol. The smallest absolute Gasteiger partial charge is 0.270 e. The van der Waals surface area contributed by atoms with Gasteiger partial charge in [0.2, 0.25) is 0 Å². The van der Waals surface area contributed by atoms with Gasteiger partial charge in [0.05, 0.1) is 0 Å². The van der Waals surface area contributed by atoms with E-state index in [1.54, 1.807) is 12.1 Å². The fraction of sp³-hybridized carbons (Fsp3) is 0.188. The molecular formula is C16H15N3OS. The zero-order valence-electron chi connectivity index (χ0n) is 11.3. The summed E-state index contributed by atoms with van der Waals surface area (Å²) in [5.74, 6) is 0.249. The number of aromatic nitrogens is 1. The average molecular weight is 297 g/mol. The molecule has 1 fully saturated rings. The van der Waals surface area contributed by atoms with Gasteiger partial charge in [-0.3, -0.25) is 9.78 Å². The van der Waals surface area contributed by atoms with Crippen LogP contribution >= 0.6 is 12.2 Å². The van der Waals surface area contributed by atoms with Gasteiger partial charge in [-0.25, -0.2) is 0 Å². The van der Waals surface area contributed by atoms with Crippen molar-refractivity contribution >= 4 is 23.1 Å². The molecule has 4 nitrogen and oxygen atoms in total. The van der Waals surface area contributed by atoms with E-state index in [0.29, 0.717) is 17.2 Å². The second kappa shape index (κ2) is 5.61. The number of carbonyl (C=O) groups excluding carboxylic acids is 1. The van der Waals surface area contributed by atoms with Crippen molar-refractivity contribution in [3.8, 4) is 0 Å². The predicted octanol–water partition coefficient (Wildman–Crippen LogP) is 2.00. The maximum atomic E-state index is 12.1. The normalized spacial score (nSPS) is 19.8. The minimum absolute atomic E-state index is 0.159. The van der Waals surface area contributed by atoms with Gasteiger partial charge >= 0.3 is 0 Å². The summed E-state index contributed by atoms with van der Waals surface area (Å²) in [6.07, 6.45) is 2.50. The minimum Gasteiger partial charge on any atom is -0.389 e. The highest BCUT2D eigenvalue weighted by molar-refractivity contribution is 7.80. The number of nitrogens with two attached hydrogens (primary N) is 1. The number of amides is 1. The highest BCUT2D eigenvalue weighted by Crippen LogP contribution is 2.40. The van der Waals surface area contributed by atoms with E-state index in [9.17, 15) is 4.79 Å². The molecule has 0 bridgehead atoms. The van der Waals surface area contributed by atoms with Crippen LogP contribution in [0.2, 0.25) is 0 Å². The number of benzene rings is 1. The molecule has 1 aromatic carbocycles. The van der Waals surface area contributed by atoms with E-state index in [0.717, 1.165) is 6.42 Å². The number of carbonyl (C=O) groups is 1. The van der Waals surface area contributed by atoms with Crippen molar-refractivity contribution in [2.75, 3.05) is 0 Å². The molecule has 2 aromatic rings. The fourth-order valence-corrected chi connectivity index (χ4v) is 2.46. The van der Waals surface area contributed by atoms with E-state index in [-0.39, 0.29) is 16.9 Å². The minimum atomic E-state index is -0.159. The maximum absolute atomic E-state index is 12.1. The lowest BCUT2D eigenvalue weighted by molar-refractivity contribution is 0.0945. The molecule has 0 aliphatic heterocycles. The van der Waals surface area contributed by atoms with Gasteiger partial charge in [-0.15, -0.1) is 0 Å². The van der Waals surface area contributed by atoms with Crippen LogP contribution in [0.3, 0.4) is 0 Å². The van der Waals surface area contributed by atoms with E-state index in [1.807, 2.05) is 18.2 Å². The molecular weight excluding hydrogens is 282 g/mol. The summed E-state index contributed by atoms with van der Waals surface area (Å²) in [6.45, 7) is 0.